The van der Waals surface area contributed by atoms with Crippen LogP contribution in [0.1, 0.15) is 12.1 Å². The first kappa shape index (κ1) is 14.9. The van der Waals surface area contributed by atoms with E-state index in [0.29, 0.717) is 17.2 Å². The van der Waals surface area contributed by atoms with Gasteiger partial charge in [-0.25, -0.2) is 13.8 Å². The number of aromatic nitrogens is 1. The van der Waals surface area contributed by atoms with Gasteiger partial charge in [0.15, 0.2) is 10.9 Å². The number of aliphatic carboxylic acids is 1. The van der Waals surface area contributed by atoms with Crippen molar-refractivity contribution in [2.45, 2.75) is 12.8 Å². The zero-order valence-electron chi connectivity index (χ0n) is 9.99. The zero-order valence-corrected chi connectivity index (χ0v) is 12.4. The Morgan fingerprint density at radius 3 is 2.85 bits per heavy atom. The van der Waals surface area contributed by atoms with Crippen LogP contribution in [0.25, 0.3) is 0 Å². The Kier molecular flexibility index (Phi) is 4.66. The third-order valence-electron chi connectivity index (χ3n) is 2.39. The van der Waals surface area contributed by atoms with E-state index in [1.54, 1.807) is 5.38 Å². The summed E-state index contributed by atoms with van der Waals surface area (Å²) in [5.74, 6) is -2.32. The second kappa shape index (κ2) is 6.27. The maximum absolute atomic E-state index is 13.6. The van der Waals surface area contributed by atoms with Crippen molar-refractivity contribution in [3.05, 3.63) is 39.3 Å². The summed E-state index contributed by atoms with van der Waals surface area (Å²) in [5.41, 5.74) is 0.698. The lowest BCUT2D eigenvalue weighted by molar-refractivity contribution is -0.136. The molecule has 0 radical (unpaired) electrons. The molecule has 2 rings (SSSR count). The average molecular weight is 363 g/mol. The standard InChI is InChI=1S/C12H9BrF2N2O2S/c13-8-3-6(14)4-9(15)11(8)17-12-16-7(5-20-12)1-2-10(18)19/h3-5H,1-2H2,(H,16,17)(H,18,19). The van der Waals surface area contributed by atoms with Gasteiger partial charge in [0.05, 0.1) is 17.8 Å². The first-order valence-electron chi connectivity index (χ1n) is 5.53. The van der Waals surface area contributed by atoms with Crippen molar-refractivity contribution in [1.82, 2.24) is 4.98 Å². The molecule has 0 aliphatic rings. The van der Waals surface area contributed by atoms with Crippen molar-refractivity contribution in [2.24, 2.45) is 0 Å². The van der Waals surface area contributed by atoms with Gasteiger partial charge in [0.2, 0.25) is 0 Å². The molecule has 1 aromatic carbocycles. The van der Waals surface area contributed by atoms with Gasteiger partial charge in [0.1, 0.15) is 5.82 Å². The van der Waals surface area contributed by atoms with E-state index in [1.807, 2.05) is 0 Å². The molecule has 4 nitrogen and oxygen atoms in total. The summed E-state index contributed by atoms with van der Waals surface area (Å²) < 4.78 is 26.8. The highest BCUT2D eigenvalue weighted by atomic mass is 79.9. The molecule has 0 fully saturated rings. The van der Waals surface area contributed by atoms with Crippen LogP contribution in [-0.2, 0) is 11.2 Å². The summed E-state index contributed by atoms with van der Waals surface area (Å²) in [4.78, 5) is 14.6. The Morgan fingerprint density at radius 2 is 2.20 bits per heavy atom. The van der Waals surface area contributed by atoms with Crippen LogP contribution in [0.15, 0.2) is 22.0 Å². The molecule has 0 atom stereocenters. The second-order valence-electron chi connectivity index (χ2n) is 3.91. The van der Waals surface area contributed by atoms with Crippen LogP contribution in [0.4, 0.5) is 19.6 Å². The number of nitrogens with zero attached hydrogens (tertiary/aromatic N) is 1. The molecule has 2 aromatic rings. The number of carboxylic acids is 1. The van der Waals surface area contributed by atoms with Crippen LogP contribution in [0.5, 0.6) is 0 Å². The molecule has 8 heteroatoms. The number of rotatable bonds is 5. The highest BCUT2D eigenvalue weighted by Crippen LogP contribution is 2.31. The van der Waals surface area contributed by atoms with Crippen molar-refractivity contribution in [1.29, 1.82) is 0 Å². The van der Waals surface area contributed by atoms with Gasteiger partial charge in [-0.1, -0.05) is 0 Å². The molecule has 0 spiro atoms. The van der Waals surface area contributed by atoms with Gasteiger partial charge >= 0.3 is 5.97 Å². The molecule has 0 bridgehead atoms. The number of benzene rings is 1. The number of carboxylic acid groups (broad SMARTS) is 1. The van der Waals surface area contributed by atoms with Gasteiger partial charge in [-0.3, -0.25) is 4.79 Å². The van der Waals surface area contributed by atoms with Crippen LogP contribution >= 0.6 is 27.3 Å². The van der Waals surface area contributed by atoms with E-state index in [1.165, 1.54) is 11.3 Å². The van der Waals surface area contributed by atoms with Gasteiger partial charge in [0.25, 0.3) is 0 Å². The number of carbonyl (C=O) groups is 1. The minimum absolute atomic E-state index is 0.0161. The van der Waals surface area contributed by atoms with Crippen molar-refractivity contribution in [2.75, 3.05) is 5.32 Å². The summed E-state index contributed by atoms with van der Waals surface area (Å²) in [6, 6.07) is 1.91. The Labute approximate surface area is 125 Å². The molecule has 0 amide bonds. The molecule has 0 aliphatic heterocycles. The van der Waals surface area contributed by atoms with Crippen LogP contribution in [0.3, 0.4) is 0 Å². The number of hydrogen-bond acceptors (Lipinski definition) is 4. The fourth-order valence-corrected chi connectivity index (χ4v) is 2.74. The monoisotopic (exact) mass is 362 g/mol. The van der Waals surface area contributed by atoms with Gasteiger partial charge in [-0.05, 0) is 22.0 Å². The molecule has 0 saturated heterocycles. The summed E-state index contributed by atoms with van der Waals surface area (Å²) in [5, 5.41) is 13.4. The lowest BCUT2D eigenvalue weighted by Crippen LogP contribution is -1.99. The smallest absolute Gasteiger partial charge is 0.303 e. The minimum atomic E-state index is -0.903. The van der Waals surface area contributed by atoms with Gasteiger partial charge in [0, 0.05) is 22.3 Å². The van der Waals surface area contributed by atoms with Gasteiger partial charge in [-0.2, -0.15) is 0 Å². The Morgan fingerprint density at radius 1 is 1.45 bits per heavy atom. The summed E-state index contributed by atoms with van der Waals surface area (Å²) >= 11 is 4.29. The molecule has 0 aliphatic carbocycles. The largest absolute Gasteiger partial charge is 0.481 e. The normalized spacial score (nSPS) is 10.6. The Hall–Kier alpha value is -1.54. The highest BCUT2D eigenvalue weighted by Gasteiger charge is 2.12. The Balaban J connectivity index is 2.13. The number of anilines is 2. The molecule has 1 heterocycles. The van der Waals surface area contributed by atoms with Crippen molar-refractivity contribution >= 4 is 44.1 Å². The lowest BCUT2D eigenvalue weighted by atomic mass is 10.2. The fourth-order valence-electron chi connectivity index (χ4n) is 1.48. The maximum Gasteiger partial charge on any atom is 0.303 e. The van der Waals surface area contributed by atoms with Crippen LogP contribution in [0, 0.1) is 11.6 Å². The van der Waals surface area contributed by atoms with Gasteiger partial charge < -0.3 is 10.4 Å². The number of halogens is 3. The van der Waals surface area contributed by atoms with Crippen molar-refractivity contribution in [3.8, 4) is 0 Å². The minimum Gasteiger partial charge on any atom is -0.481 e. The predicted octanol–water partition coefficient (Wildman–Crippen LogP) is 3.94. The van der Waals surface area contributed by atoms with E-state index >= 15 is 0 Å². The number of thiazole rings is 1. The highest BCUT2D eigenvalue weighted by molar-refractivity contribution is 9.10. The number of nitrogens with one attached hydrogen (secondary N) is 1. The van der Waals surface area contributed by atoms with E-state index in [9.17, 15) is 13.6 Å². The second-order valence-corrected chi connectivity index (χ2v) is 5.62. The van der Waals surface area contributed by atoms with E-state index in [2.05, 4.69) is 26.2 Å². The molecule has 0 unspecified atom stereocenters. The van der Waals surface area contributed by atoms with E-state index < -0.39 is 17.6 Å². The third kappa shape index (κ3) is 3.73. The molecule has 20 heavy (non-hydrogen) atoms. The third-order valence-corrected chi connectivity index (χ3v) is 3.82. The van der Waals surface area contributed by atoms with Crippen LogP contribution in [-0.4, -0.2) is 16.1 Å². The average Bonchev–Trinajstić information content (AvgIpc) is 2.79. The zero-order chi connectivity index (χ0) is 14.7. The summed E-state index contributed by atoms with van der Waals surface area (Å²) in [6.07, 6.45) is 0.290. The van der Waals surface area contributed by atoms with Gasteiger partial charge in [-0.15, -0.1) is 11.3 Å². The maximum atomic E-state index is 13.6. The van der Waals surface area contributed by atoms with Crippen LogP contribution < -0.4 is 5.32 Å². The SMILES string of the molecule is O=C(O)CCc1csc(Nc2c(F)cc(F)cc2Br)n1. The summed E-state index contributed by atoms with van der Waals surface area (Å²) in [7, 11) is 0. The fraction of sp³-hybridized carbons (Fsp3) is 0.167. The summed E-state index contributed by atoms with van der Waals surface area (Å²) in [6.45, 7) is 0. The number of aryl methyl sites for hydroxylation is 1. The molecular formula is C12H9BrF2N2O2S. The van der Waals surface area contributed by atoms with Crippen LogP contribution in [0.2, 0.25) is 0 Å². The first-order valence-corrected chi connectivity index (χ1v) is 7.20. The molecular weight excluding hydrogens is 354 g/mol. The topological polar surface area (TPSA) is 62.2 Å². The predicted molar refractivity (Wildman–Crippen MR) is 75.4 cm³/mol. The van der Waals surface area contributed by atoms with E-state index in [4.69, 9.17) is 5.11 Å². The molecule has 2 N–H and O–H groups in total. The lowest BCUT2D eigenvalue weighted by Gasteiger charge is -2.07. The molecule has 0 saturated carbocycles. The van der Waals surface area contributed by atoms with E-state index in [-0.39, 0.29) is 16.6 Å². The molecule has 1 aromatic heterocycles. The Bertz CT molecular complexity index is 625. The quantitative estimate of drug-likeness (QED) is 0.845. The number of hydrogen-bond donors (Lipinski definition) is 2. The first-order chi connectivity index (χ1) is 9.45. The van der Waals surface area contributed by atoms with E-state index in [0.717, 1.165) is 12.1 Å². The molecule has 106 valence electrons. The van der Waals surface area contributed by atoms with Crippen molar-refractivity contribution in [3.63, 3.8) is 0 Å². The van der Waals surface area contributed by atoms with Crippen molar-refractivity contribution < 1.29 is 18.7 Å².